The highest BCUT2D eigenvalue weighted by Gasteiger charge is 2.28. The number of carbonyl (C=O) groups excluding carboxylic acids is 1. The fraction of sp³-hybridized carbons (Fsp3) is 0.200. The first-order valence-electron chi connectivity index (χ1n) is 8.76. The van der Waals surface area contributed by atoms with E-state index in [1.807, 2.05) is 26.0 Å². The van der Waals surface area contributed by atoms with Crippen molar-refractivity contribution in [2.45, 2.75) is 18.7 Å². The van der Waals surface area contributed by atoms with Gasteiger partial charge in [-0.05, 0) is 59.6 Å². The van der Waals surface area contributed by atoms with Crippen LogP contribution in [0.2, 0.25) is 0 Å². The zero-order valence-corrected chi connectivity index (χ0v) is 18.9. The Morgan fingerprint density at radius 3 is 2.34 bits per heavy atom. The molecule has 0 radical (unpaired) electrons. The van der Waals surface area contributed by atoms with Gasteiger partial charge in [0.25, 0.3) is 15.9 Å². The number of nitrogens with one attached hydrogen (secondary N) is 1. The molecule has 1 heterocycles. The number of aryl methyl sites for hydroxylation is 3. The second-order valence-electron chi connectivity index (χ2n) is 6.73. The van der Waals surface area contributed by atoms with E-state index in [0.29, 0.717) is 5.69 Å². The second kappa shape index (κ2) is 8.00. The van der Waals surface area contributed by atoms with E-state index in [2.05, 4.69) is 26.3 Å². The summed E-state index contributed by atoms with van der Waals surface area (Å²) in [5.41, 5.74) is 2.73. The molecule has 1 amide bonds. The maximum Gasteiger partial charge on any atom is 0.265 e. The van der Waals surface area contributed by atoms with Crippen LogP contribution in [0.25, 0.3) is 0 Å². The minimum atomic E-state index is -3.86. The Morgan fingerprint density at radius 2 is 1.72 bits per heavy atom. The summed E-state index contributed by atoms with van der Waals surface area (Å²) in [4.78, 5) is 13.0. The van der Waals surface area contributed by atoms with E-state index in [-0.39, 0.29) is 16.3 Å². The number of aromatic nitrogens is 2. The van der Waals surface area contributed by atoms with Crippen molar-refractivity contribution in [3.05, 3.63) is 69.8 Å². The molecule has 0 aliphatic heterocycles. The van der Waals surface area contributed by atoms with Crippen LogP contribution in [0.4, 0.5) is 11.5 Å². The molecular formula is C20H21BrN4O3S. The molecule has 152 valence electrons. The minimum Gasteiger partial charge on any atom is -0.321 e. The molecule has 29 heavy (non-hydrogen) atoms. The van der Waals surface area contributed by atoms with Gasteiger partial charge in [0.2, 0.25) is 0 Å². The monoisotopic (exact) mass is 476 g/mol. The number of rotatable bonds is 5. The van der Waals surface area contributed by atoms with Gasteiger partial charge in [0, 0.05) is 18.6 Å². The predicted molar refractivity (Wildman–Crippen MR) is 117 cm³/mol. The molecule has 0 aliphatic carbocycles. The Kier molecular flexibility index (Phi) is 5.81. The van der Waals surface area contributed by atoms with Crippen molar-refractivity contribution in [3.63, 3.8) is 0 Å². The van der Waals surface area contributed by atoms with E-state index in [9.17, 15) is 13.2 Å². The van der Waals surface area contributed by atoms with E-state index in [0.717, 1.165) is 19.9 Å². The first-order valence-corrected chi connectivity index (χ1v) is 11.0. The van der Waals surface area contributed by atoms with Crippen LogP contribution in [0.1, 0.15) is 21.5 Å². The van der Waals surface area contributed by atoms with Gasteiger partial charge in [0.1, 0.15) is 5.56 Å². The average molecular weight is 477 g/mol. The standard InChI is InChI=1S/C20H21BrN4O3S/c1-13-5-8-15(9-6-13)29(27,28)25(4)20-16(12-22-24(20)3)19(26)23-18-10-7-14(2)11-17(18)21/h5-12H,1-4H3,(H,23,26). The summed E-state index contributed by atoms with van der Waals surface area (Å²) in [5.74, 6) is -0.282. The number of nitrogens with zero attached hydrogens (tertiary/aromatic N) is 3. The third-order valence-corrected chi connectivity index (χ3v) is 6.92. The summed E-state index contributed by atoms with van der Waals surface area (Å²) in [6.45, 7) is 3.83. The topological polar surface area (TPSA) is 84.3 Å². The summed E-state index contributed by atoms with van der Waals surface area (Å²) in [5, 5.41) is 6.90. The van der Waals surface area contributed by atoms with Crippen LogP contribution in [0.15, 0.2) is 58.0 Å². The zero-order valence-electron chi connectivity index (χ0n) is 16.5. The lowest BCUT2D eigenvalue weighted by molar-refractivity contribution is 0.102. The van der Waals surface area contributed by atoms with Gasteiger partial charge in [0.05, 0.1) is 16.8 Å². The number of sulfonamides is 1. The van der Waals surface area contributed by atoms with Gasteiger partial charge in [-0.1, -0.05) is 23.8 Å². The molecule has 1 aromatic heterocycles. The molecule has 0 spiro atoms. The molecule has 0 aliphatic rings. The molecule has 0 fully saturated rings. The van der Waals surface area contributed by atoms with Gasteiger partial charge in [-0.25, -0.2) is 8.42 Å². The maximum atomic E-state index is 13.1. The number of amides is 1. The highest BCUT2D eigenvalue weighted by molar-refractivity contribution is 9.10. The quantitative estimate of drug-likeness (QED) is 0.605. The molecule has 0 unspecified atom stereocenters. The summed E-state index contributed by atoms with van der Waals surface area (Å²) in [6.07, 6.45) is 1.36. The lowest BCUT2D eigenvalue weighted by Crippen LogP contribution is -2.30. The largest absolute Gasteiger partial charge is 0.321 e. The van der Waals surface area contributed by atoms with Crippen molar-refractivity contribution in [2.24, 2.45) is 7.05 Å². The molecule has 0 atom stereocenters. The molecule has 3 rings (SSSR count). The van der Waals surface area contributed by atoms with Gasteiger partial charge in [0.15, 0.2) is 5.82 Å². The molecule has 0 bridgehead atoms. The highest BCUT2D eigenvalue weighted by atomic mass is 79.9. The molecular weight excluding hydrogens is 456 g/mol. The van der Waals surface area contributed by atoms with Crippen LogP contribution >= 0.6 is 15.9 Å². The van der Waals surface area contributed by atoms with Crippen LogP contribution in [0, 0.1) is 13.8 Å². The fourth-order valence-corrected chi connectivity index (χ4v) is 4.69. The number of hydrogen-bond donors (Lipinski definition) is 1. The molecule has 1 N–H and O–H groups in total. The third-order valence-electron chi connectivity index (χ3n) is 4.50. The number of hydrogen-bond acceptors (Lipinski definition) is 4. The number of anilines is 2. The third kappa shape index (κ3) is 4.20. The number of benzene rings is 2. The van der Waals surface area contributed by atoms with Crippen molar-refractivity contribution < 1.29 is 13.2 Å². The summed E-state index contributed by atoms with van der Waals surface area (Å²) in [6, 6.07) is 12.1. The highest BCUT2D eigenvalue weighted by Crippen LogP contribution is 2.28. The van der Waals surface area contributed by atoms with E-state index in [4.69, 9.17) is 0 Å². The summed E-state index contributed by atoms with van der Waals surface area (Å²) in [7, 11) is -0.861. The van der Waals surface area contributed by atoms with E-state index in [1.165, 1.54) is 17.9 Å². The van der Waals surface area contributed by atoms with Crippen LogP contribution in [-0.2, 0) is 17.1 Å². The molecule has 2 aromatic carbocycles. The van der Waals surface area contributed by atoms with E-state index < -0.39 is 15.9 Å². The second-order valence-corrected chi connectivity index (χ2v) is 9.55. The molecule has 9 heteroatoms. The van der Waals surface area contributed by atoms with Crippen molar-refractivity contribution in [2.75, 3.05) is 16.7 Å². The first-order chi connectivity index (χ1) is 13.6. The van der Waals surface area contributed by atoms with Crippen molar-refractivity contribution >= 4 is 43.4 Å². The Bertz CT molecular complexity index is 1170. The molecule has 0 saturated heterocycles. The van der Waals surface area contributed by atoms with Crippen molar-refractivity contribution in [1.29, 1.82) is 0 Å². The van der Waals surface area contributed by atoms with Gasteiger partial charge in [-0.2, -0.15) is 5.10 Å². The van der Waals surface area contributed by atoms with Crippen molar-refractivity contribution in [1.82, 2.24) is 9.78 Å². The van der Waals surface area contributed by atoms with Crippen LogP contribution in [0.3, 0.4) is 0 Å². The Morgan fingerprint density at radius 1 is 1.10 bits per heavy atom. The zero-order chi connectivity index (χ0) is 21.3. The van der Waals surface area contributed by atoms with Gasteiger partial charge in [-0.3, -0.25) is 13.8 Å². The normalized spacial score (nSPS) is 11.3. The summed E-state index contributed by atoms with van der Waals surface area (Å²) >= 11 is 3.43. The minimum absolute atomic E-state index is 0.138. The predicted octanol–water partition coefficient (Wildman–Crippen LogP) is 3.88. The fourth-order valence-electron chi connectivity index (χ4n) is 2.86. The summed E-state index contributed by atoms with van der Waals surface area (Å²) < 4.78 is 29.3. The van der Waals surface area contributed by atoms with Crippen LogP contribution in [0.5, 0.6) is 0 Å². The first kappa shape index (κ1) is 21.1. The Labute approximate surface area is 178 Å². The van der Waals surface area contributed by atoms with Gasteiger partial charge in [-0.15, -0.1) is 0 Å². The number of halogens is 1. The smallest absolute Gasteiger partial charge is 0.265 e. The Hall–Kier alpha value is -2.65. The van der Waals surface area contributed by atoms with Crippen LogP contribution < -0.4 is 9.62 Å². The maximum absolute atomic E-state index is 13.1. The van der Waals surface area contributed by atoms with E-state index in [1.54, 1.807) is 37.4 Å². The Balaban J connectivity index is 1.96. The molecule has 7 nitrogen and oxygen atoms in total. The SMILES string of the molecule is Cc1ccc(S(=O)(=O)N(C)c2c(C(=O)Nc3ccc(C)cc3Br)cnn2C)cc1. The molecule has 0 saturated carbocycles. The van der Waals surface area contributed by atoms with Crippen molar-refractivity contribution in [3.8, 4) is 0 Å². The number of carbonyl (C=O) groups is 1. The average Bonchev–Trinajstić information content (AvgIpc) is 3.05. The van der Waals surface area contributed by atoms with Gasteiger partial charge >= 0.3 is 0 Å². The van der Waals surface area contributed by atoms with E-state index >= 15 is 0 Å². The lowest BCUT2D eigenvalue weighted by atomic mass is 10.2. The molecule has 3 aromatic rings. The van der Waals surface area contributed by atoms with Gasteiger partial charge < -0.3 is 5.32 Å². The lowest BCUT2D eigenvalue weighted by Gasteiger charge is -2.21. The van der Waals surface area contributed by atoms with Crippen LogP contribution in [-0.4, -0.2) is 31.2 Å².